The molecule has 1 aromatic rings. The number of ether oxygens (including phenoxy) is 1. The van der Waals surface area contributed by atoms with Crippen LogP contribution in [-0.2, 0) is 11.3 Å². The van der Waals surface area contributed by atoms with Crippen LogP contribution < -0.4 is 0 Å². The van der Waals surface area contributed by atoms with E-state index in [4.69, 9.17) is 4.74 Å². The SMILES string of the molecule is CCN(CC1CCOC1)C(=O)c1ccc(CN(CC)C(C)C)cc1. The van der Waals surface area contributed by atoms with Crippen molar-refractivity contribution in [2.24, 2.45) is 5.92 Å². The third-order valence-corrected chi connectivity index (χ3v) is 4.89. The van der Waals surface area contributed by atoms with Crippen LogP contribution in [0.2, 0.25) is 0 Å². The topological polar surface area (TPSA) is 32.8 Å². The number of amides is 1. The average Bonchev–Trinajstić information content (AvgIpc) is 3.10. The Balaban J connectivity index is 1.98. The lowest BCUT2D eigenvalue weighted by molar-refractivity contribution is 0.0731. The van der Waals surface area contributed by atoms with E-state index in [1.807, 2.05) is 24.0 Å². The molecule has 4 heteroatoms. The first kappa shape index (κ1) is 18.9. The summed E-state index contributed by atoms with van der Waals surface area (Å²) in [4.78, 5) is 17.1. The van der Waals surface area contributed by atoms with Crippen molar-refractivity contribution in [3.63, 3.8) is 0 Å². The highest BCUT2D eigenvalue weighted by atomic mass is 16.5. The van der Waals surface area contributed by atoms with Crippen molar-refractivity contribution in [1.82, 2.24) is 9.80 Å². The maximum Gasteiger partial charge on any atom is 0.253 e. The molecule has 0 aliphatic carbocycles. The lowest BCUT2D eigenvalue weighted by Crippen LogP contribution is -2.35. The average molecular weight is 332 g/mol. The Bertz CT molecular complexity index is 507. The fourth-order valence-electron chi connectivity index (χ4n) is 3.22. The molecular formula is C20H32N2O2. The standard InChI is InChI=1S/C20H32N2O2/c1-5-21(16(3)4)13-17-7-9-19(10-8-17)20(23)22(6-2)14-18-11-12-24-15-18/h7-10,16,18H,5-6,11-15H2,1-4H3. The zero-order chi connectivity index (χ0) is 17.5. The second-order valence-corrected chi connectivity index (χ2v) is 6.93. The maximum atomic E-state index is 12.7. The summed E-state index contributed by atoms with van der Waals surface area (Å²) in [7, 11) is 0. The minimum Gasteiger partial charge on any atom is -0.381 e. The van der Waals surface area contributed by atoms with E-state index in [0.717, 1.165) is 51.4 Å². The number of hydrogen-bond acceptors (Lipinski definition) is 3. The Morgan fingerprint density at radius 2 is 1.92 bits per heavy atom. The van der Waals surface area contributed by atoms with Crippen molar-refractivity contribution < 1.29 is 9.53 Å². The van der Waals surface area contributed by atoms with Crippen LogP contribution in [-0.4, -0.2) is 54.6 Å². The van der Waals surface area contributed by atoms with E-state index in [-0.39, 0.29) is 5.91 Å². The van der Waals surface area contributed by atoms with Gasteiger partial charge in [-0.25, -0.2) is 0 Å². The molecule has 24 heavy (non-hydrogen) atoms. The van der Waals surface area contributed by atoms with Crippen LogP contribution in [0.5, 0.6) is 0 Å². The number of carbonyl (C=O) groups is 1. The highest BCUT2D eigenvalue weighted by Crippen LogP contribution is 2.16. The quantitative estimate of drug-likeness (QED) is 0.731. The van der Waals surface area contributed by atoms with Crippen molar-refractivity contribution in [1.29, 1.82) is 0 Å². The van der Waals surface area contributed by atoms with Crippen molar-refractivity contribution in [3.05, 3.63) is 35.4 Å². The van der Waals surface area contributed by atoms with Gasteiger partial charge in [0.15, 0.2) is 0 Å². The molecule has 0 N–H and O–H groups in total. The zero-order valence-corrected chi connectivity index (χ0v) is 15.6. The predicted octanol–water partition coefficient (Wildman–Crippen LogP) is 3.42. The van der Waals surface area contributed by atoms with Crippen molar-refractivity contribution in [3.8, 4) is 0 Å². The molecule has 1 aliphatic rings. The molecule has 1 unspecified atom stereocenters. The van der Waals surface area contributed by atoms with Crippen LogP contribution in [0.15, 0.2) is 24.3 Å². The summed E-state index contributed by atoms with van der Waals surface area (Å²) >= 11 is 0. The van der Waals surface area contributed by atoms with Crippen LogP contribution in [0, 0.1) is 5.92 Å². The third-order valence-electron chi connectivity index (χ3n) is 4.89. The van der Waals surface area contributed by atoms with Crippen LogP contribution in [0.1, 0.15) is 50.0 Å². The number of nitrogens with zero attached hydrogens (tertiary/aromatic N) is 2. The molecule has 1 heterocycles. The van der Waals surface area contributed by atoms with Crippen LogP contribution >= 0.6 is 0 Å². The molecule has 2 rings (SSSR count). The molecule has 0 spiro atoms. The molecule has 1 amide bonds. The highest BCUT2D eigenvalue weighted by molar-refractivity contribution is 5.94. The monoisotopic (exact) mass is 332 g/mol. The van der Waals surface area contributed by atoms with E-state index in [1.54, 1.807) is 0 Å². The van der Waals surface area contributed by atoms with Gasteiger partial charge in [0.2, 0.25) is 0 Å². The second kappa shape index (κ2) is 9.19. The van der Waals surface area contributed by atoms with E-state index < -0.39 is 0 Å². The molecule has 134 valence electrons. The molecular weight excluding hydrogens is 300 g/mol. The molecule has 0 saturated carbocycles. The molecule has 1 saturated heterocycles. The molecule has 0 radical (unpaired) electrons. The van der Waals surface area contributed by atoms with Crippen LogP contribution in [0.3, 0.4) is 0 Å². The van der Waals surface area contributed by atoms with Crippen molar-refractivity contribution in [2.75, 3.05) is 32.8 Å². The first-order valence-electron chi connectivity index (χ1n) is 9.25. The summed E-state index contributed by atoms with van der Waals surface area (Å²) in [6.07, 6.45) is 1.06. The number of benzene rings is 1. The van der Waals surface area contributed by atoms with Gasteiger partial charge in [-0.2, -0.15) is 0 Å². The van der Waals surface area contributed by atoms with Crippen molar-refractivity contribution in [2.45, 2.75) is 46.7 Å². The summed E-state index contributed by atoms with van der Waals surface area (Å²) in [5, 5.41) is 0. The summed E-state index contributed by atoms with van der Waals surface area (Å²) in [6.45, 7) is 13.8. The number of rotatable bonds is 8. The molecule has 1 atom stereocenters. The Hall–Kier alpha value is -1.39. The van der Waals surface area contributed by atoms with Gasteiger partial charge in [0.1, 0.15) is 0 Å². The third kappa shape index (κ3) is 5.05. The lowest BCUT2D eigenvalue weighted by Gasteiger charge is -2.25. The minimum atomic E-state index is 0.132. The Kier molecular flexibility index (Phi) is 7.25. The minimum absolute atomic E-state index is 0.132. The van der Waals surface area contributed by atoms with E-state index in [2.05, 4.69) is 37.8 Å². The summed E-state index contributed by atoms with van der Waals surface area (Å²) in [5.74, 6) is 0.615. The molecule has 1 aliphatic heterocycles. The second-order valence-electron chi connectivity index (χ2n) is 6.93. The van der Waals surface area contributed by atoms with Crippen LogP contribution in [0.25, 0.3) is 0 Å². The lowest BCUT2D eigenvalue weighted by atomic mass is 10.1. The van der Waals surface area contributed by atoms with E-state index in [9.17, 15) is 4.79 Å². The summed E-state index contributed by atoms with van der Waals surface area (Å²) < 4.78 is 5.43. The predicted molar refractivity (Wildman–Crippen MR) is 98.2 cm³/mol. The largest absolute Gasteiger partial charge is 0.381 e. The molecule has 1 fully saturated rings. The van der Waals surface area contributed by atoms with Gasteiger partial charge >= 0.3 is 0 Å². The number of hydrogen-bond donors (Lipinski definition) is 0. The Morgan fingerprint density at radius 3 is 2.42 bits per heavy atom. The molecule has 4 nitrogen and oxygen atoms in total. The van der Waals surface area contributed by atoms with E-state index in [1.165, 1.54) is 5.56 Å². The summed E-state index contributed by atoms with van der Waals surface area (Å²) in [5.41, 5.74) is 2.04. The van der Waals surface area contributed by atoms with Gasteiger partial charge < -0.3 is 9.64 Å². The highest BCUT2D eigenvalue weighted by Gasteiger charge is 2.22. The van der Waals surface area contributed by atoms with Gasteiger partial charge in [0.25, 0.3) is 5.91 Å². The Morgan fingerprint density at radius 1 is 1.21 bits per heavy atom. The van der Waals surface area contributed by atoms with Gasteiger partial charge in [-0.3, -0.25) is 9.69 Å². The van der Waals surface area contributed by atoms with E-state index in [0.29, 0.717) is 12.0 Å². The molecule has 0 bridgehead atoms. The van der Waals surface area contributed by atoms with Gasteiger partial charge in [-0.05, 0) is 51.4 Å². The normalized spacial score (nSPS) is 17.7. The smallest absolute Gasteiger partial charge is 0.253 e. The number of carbonyl (C=O) groups excluding carboxylic acids is 1. The van der Waals surface area contributed by atoms with Gasteiger partial charge in [-0.15, -0.1) is 0 Å². The van der Waals surface area contributed by atoms with Gasteiger partial charge in [0.05, 0.1) is 6.61 Å². The van der Waals surface area contributed by atoms with E-state index >= 15 is 0 Å². The fraction of sp³-hybridized carbons (Fsp3) is 0.650. The van der Waals surface area contributed by atoms with Crippen molar-refractivity contribution >= 4 is 5.91 Å². The van der Waals surface area contributed by atoms with Gasteiger partial charge in [0, 0.05) is 43.8 Å². The first-order valence-corrected chi connectivity index (χ1v) is 9.25. The fourth-order valence-corrected chi connectivity index (χ4v) is 3.22. The first-order chi connectivity index (χ1) is 11.5. The zero-order valence-electron chi connectivity index (χ0n) is 15.6. The molecule has 0 aromatic heterocycles. The van der Waals surface area contributed by atoms with Gasteiger partial charge in [-0.1, -0.05) is 19.1 Å². The summed E-state index contributed by atoms with van der Waals surface area (Å²) in [6, 6.07) is 8.65. The molecule has 1 aromatic carbocycles. The maximum absolute atomic E-state index is 12.7. The Labute approximate surface area is 146 Å². The van der Waals surface area contributed by atoms with Crippen LogP contribution in [0.4, 0.5) is 0 Å².